The number of rotatable bonds is 1. The summed E-state index contributed by atoms with van der Waals surface area (Å²) in [5.74, 6) is 0.0436. The number of hydrogen-bond donors (Lipinski definition) is 2. The molecule has 0 bridgehead atoms. The lowest BCUT2D eigenvalue weighted by molar-refractivity contribution is -0.137. The number of hydrogen-bond acceptors (Lipinski definition) is 2. The Hall–Kier alpha value is -2.01. The molecule has 4 rings (SSSR count). The minimum Gasteiger partial charge on any atom is -0.393 e. The first-order valence-electron chi connectivity index (χ1n) is 8.14. The molecule has 1 saturated carbocycles. The number of fused-ring (bicyclic) bond motifs is 3. The molecule has 24 heavy (non-hydrogen) atoms. The molecule has 1 heterocycles. The van der Waals surface area contributed by atoms with E-state index in [-0.39, 0.29) is 17.9 Å². The predicted octanol–water partition coefficient (Wildman–Crippen LogP) is 4.73. The average Bonchev–Trinajstić information content (AvgIpc) is 2.95. The fourth-order valence-electron chi connectivity index (χ4n) is 4.21. The summed E-state index contributed by atoms with van der Waals surface area (Å²) in [5.41, 5.74) is 1.90. The van der Waals surface area contributed by atoms with Crippen molar-refractivity contribution in [2.75, 3.05) is 5.32 Å². The van der Waals surface area contributed by atoms with Crippen LogP contribution in [0.15, 0.2) is 48.5 Å². The molecule has 0 aromatic heterocycles. The monoisotopic (exact) mass is 333 g/mol. The summed E-state index contributed by atoms with van der Waals surface area (Å²) in [7, 11) is 0. The largest absolute Gasteiger partial charge is 0.416 e. The van der Waals surface area contributed by atoms with Gasteiger partial charge in [-0.3, -0.25) is 0 Å². The van der Waals surface area contributed by atoms with Gasteiger partial charge in [0.2, 0.25) is 0 Å². The van der Waals surface area contributed by atoms with Gasteiger partial charge in [0.15, 0.2) is 0 Å². The highest BCUT2D eigenvalue weighted by Gasteiger charge is 2.44. The maximum Gasteiger partial charge on any atom is 0.416 e. The number of alkyl halides is 3. The van der Waals surface area contributed by atoms with Gasteiger partial charge in [-0.05, 0) is 54.0 Å². The summed E-state index contributed by atoms with van der Waals surface area (Å²) in [6.07, 6.45) is -3.69. The van der Waals surface area contributed by atoms with Crippen LogP contribution in [-0.4, -0.2) is 11.2 Å². The maximum atomic E-state index is 13.1. The van der Waals surface area contributed by atoms with E-state index in [2.05, 4.69) is 5.32 Å². The third-order valence-electron chi connectivity index (χ3n) is 5.26. The van der Waals surface area contributed by atoms with Crippen molar-refractivity contribution in [2.24, 2.45) is 5.92 Å². The summed E-state index contributed by atoms with van der Waals surface area (Å²) in [4.78, 5) is 0. The summed E-state index contributed by atoms with van der Waals surface area (Å²) < 4.78 is 39.2. The molecule has 1 fully saturated rings. The van der Waals surface area contributed by atoms with E-state index >= 15 is 0 Å². The van der Waals surface area contributed by atoms with Crippen LogP contribution < -0.4 is 5.32 Å². The highest BCUT2D eigenvalue weighted by molar-refractivity contribution is 5.59. The third kappa shape index (κ3) is 2.57. The van der Waals surface area contributed by atoms with E-state index in [1.807, 2.05) is 30.3 Å². The summed E-state index contributed by atoms with van der Waals surface area (Å²) in [6.45, 7) is 0. The zero-order chi connectivity index (χ0) is 16.9. The van der Waals surface area contributed by atoms with Crippen molar-refractivity contribution >= 4 is 5.69 Å². The van der Waals surface area contributed by atoms with Gasteiger partial charge in [-0.25, -0.2) is 0 Å². The molecular weight excluding hydrogens is 315 g/mol. The first-order chi connectivity index (χ1) is 11.4. The van der Waals surface area contributed by atoms with Gasteiger partial charge in [0.05, 0.1) is 17.7 Å². The Labute approximate surface area is 138 Å². The Kier molecular flexibility index (Phi) is 3.57. The molecule has 0 saturated heterocycles. The van der Waals surface area contributed by atoms with Crippen LogP contribution in [0.5, 0.6) is 0 Å². The van der Waals surface area contributed by atoms with Crippen molar-refractivity contribution < 1.29 is 18.3 Å². The highest BCUT2D eigenvalue weighted by Crippen LogP contribution is 2.53. The first-order valence-corrected chi connectivity index (χ1v) is 8.14. The third-order valence-corrected chi connectivity index (χ3v) is 5.26. The van der Waals surface area contributed by atoms with E-state index in [4.69, 9.17) is 0 Å². The zero-order valence-electron chi connectivity index (χ0n) is 12.9. The van der Waals surface area contributed by atoms with Crippen molar-refractivity contribution in [2.45, 2.75) is 37.1 Å². The molecule has 0 spiro atoms. The van der Waals surface area contributed by atoms with Gasteiger partial charge in [0.25, 0.3) is 0 Å². The Bertz CT molecular complexity index is 744. The topological polar surface area (TPSA) is 32.3 Å². The van der Waals surface area contributed by atoms with Gasteiger partial charge >= 0.3 is 6.18 Å². The average molecular weight is 333 g/mol. The van der Waals surface area contributed by atoms with Crippen LogP contribution in [0, 0.1) is 5.92 Å². The first kappa shape index (κ1) is 15.5. The second-order valence-corrected chi connectivity index (χ2v) is 6.73. The van der Waals surface area contributed by atoms with E-state index in [9.17, 15) is 18.3 Å². The second kappa shape index (κ2) is 5.52. The van der Waals surface area contributed by atoms with Crippen molar-refractivity contribution in [3.8, 4) is 0 Å². The number of halogens is 3. The van der Waals surface area contributed by atoms with Crippen LogP contribution in [0.4, 0.5) is 18.9 Å². The molecule has 1 aliphatic carbocycles. The van der Waals surface area contributed by atoms with Crippen LogP contribution in [-0.2, 0) is 6.18 Å². The van der Waals surface area contributed by atoms with E-state index in [1.54, 1.807) is 0 Å². The van der Waals surface area contributed by atoms with Crippen LogP contribution in [0.3, 0.4) is 0 Å². The van der Waals surface area contributed by atoms with Crippen LogP contribution >= 0.6 is 0 Å². The van der Waals surface area contributed by atoms with Gasteiger partial charge in [-0.1, -0.05) is 30.3 Å². The Morgan fingerprint density at radius 1 is 1.00 bits per heavy atom. The van der Waals surface area contributed by atoms with Gasteiger partial charge in [0.1, 0.15) is 0 Å². The molecule has 2 aromatic carbocycles. The van der Waals surface area contributed by atoms with Crippen LogP contribution in [0.2, 0.25) is 0 Å². The lowest BCUT2D eigenvalue weighted by Gasteiger charge is -2.37. The Morgan fingerprint density at radius 3 is 2.46 bits per heavy atom. The molecule has 4 atom stereocenters. The van der Waals surface area contributed by atoms with Crippen LogP contribution in [0.25, 0.3) is 0 Å². The van der Waals surface area contributed by atoms with E-state index in [0.29, 0.717) is 18.4 Å². The molecule has 5 heteroatoms. The quantitative estimate of drug-likeness (QED) is 0.791. The number of aliphatic hydroxyl groups excluding tert-OH is 1. The Morgan fingerprint density at radius 2 is 1.75 bits per heavy atom. The predicted molar refractivity (Wildman–Crippen MR) is 85.7 cm³/mol. The molecule has 2 N–H and O–H groups in total. The van der Waals surface area contributed by atoms with Crippen molar-refractivity contribution in [1.29, 1.82) is 0 Å². The number of aliphatic hydroxyl groups is 1. The fraction of sp³-hybridized carbons (Fsp3) is 0.368. The molecule has 2 aromatic rings. The van der Waals surface area contributed by atoms with Crippen LogP contribution in [0.1, 0.15) is 41.5 Å². The number of anilines is 1. The van der Waals surface area contributed by atoms with Gasteiger partial charge in [-0.15, -0.1) is 0 Å². The van der Waals surface area contributed by atoms with Crippen molar-refractivity contribution in [1.82, 2.24) is 0 Å². The lowest BCUT2D eigenvalue weighted by atomic mass is 9.77. The highest BCUT2D eigenvalue weighted by atomic mass is 19.4. The van der Waals surface area contributed by atoms with E-state index < -0.39 is 17.8 Å². The van der Waals surface area contributed by atoms with Gasteiger partial charge in [0, 0.05) is 5.69 Å². The van der Waals surface area contributed by atoms with Gasteiger partial charge < -0.3 is 10.4 Å². The fourth-order valence-corrected chi connectivity index (χ4v) is 4.21. The molecule has 1 aliphatic heterocycles. The molecule has 2 aliphatic rings. The summed E-state index contributed by atoms with van der Waals surface area (Å²) in [5, 5.41) is 13.5. The zero-order valence-corrected chi connectivity index (χ0v) is 12.9. The van der Waals surface area contributed by atoms with Crippen molar-refractivity contribution in [3.05, 3.63) is 65.2 Å². The number of nitrogens with one attached hydrogen (secondary N) is 1. The molecule has 0 amide bonds. The number of benzene rings is 2. The SMILES string of the molecule is O[C@@H]1C[C@@H]2[C@H](C1)c1cc(C(F)(F)F)ccc1N[C@H]2c1ccccc1. The van der Waals surface area contributed by atoms with Crippen molar-refractivity contribution in [3.63, 3.8) is 0 Å². The summed E-state index contributed by atoms with van der Waals surface area (Å²) >= 11 is 0. The van der Waals surface area contributed by atoms with E-state index in [0.717, 1.165) is 17.3 Å². The minimum absolute atomic E-state index is 0.0117. The molecule has 0 radical (unpaired) electrons. The lowest BCUT2D eigenvalue weighted by Crippen LogP contribution is -2.29. The standard InChI is InChI=1S/C19H18F3NO/c20-19(21,22)12-6-7-17-15(8-12)14-9-13(24)10-16(14)18(23-17)11-4-2-1-3-5-11/h1-8,13-14,16,18,23-24H,9-10H2/t13-,14+,16+,18-/m0/s1. The molecule has 126 valence electrons. The normalized spacial score (nSPS) is 28.8. The smallest absolute Gasteiger partial charge is 0.393 e. The second-order valence-electron chi connectivity index (χ2n) is 6.73. The molecule has 2 nitrogen and oxygen atoms in total. The molecule has 0 unspecified atom stereocenters. The van der Waals surface area contributed by atoms with E-state index in [1.165, 1.54) is 12.1 Å². The Balaban J connectivity index is 1.78. The maximum absolute atomic E-state index is 13.1. The summed E-state index contributed by atoms with van der Waals surface area (Å²) in [6, 6.07) is 13.8. The molecular formula is C19H18F3NO. The van der Waals surface area contributed by atoms with Gasteiger partial charge in [-0.2, -0.15) is 13.2 Å². The minimum atomic E-state index is -4.35.